The maximum atomic E-state index is 12.9. The Hall–Kier alpha value is -3.34. The molecule has 0 radical (unpaired) electrons. The highest BCUT2D eigenvalue weighted by Crippen LogP contribution is 2.23. The molecule has 0 aliphatic heterocycles. The first-order valence-corrected chi connectivity index (χ1v) is 9.90. The van der Waals surface area contributed by atoms with Crippen LogP contribution in [0.1, 0.15) is 47.8 Å². The number of aryl methyl sites for hydroxylation is 1. The molecule has 5 heteroatoms. The molecule has 3 rings (SSSR count). The number of anilines is 2. The number of hydrogen-bond donors (Lipinski definition) is 1. The lowest BCUT2D eigenvalue weighted by Gasteiger charge is -2.13. The molecule has 0 spiro atoms. The number of Topliss-reactive ketones (excluding diaryl/α,β-unsaturated/α-hetero) is 2. The first kappa shape index (κ1) is 20.4. The molecule has 1 aromatic carbocycles. The number of aromatic nitrogens is 2. The number of ketones is 2. The van der Waals surface area contributed by atoms with E-state index in [1.54, 1.807) is 18.6 Å². The van der Waals surface area contributed by atoms with Crippen LogP contribution in [-0.2, 0) is 17.6 Å². The van der Waals surface area contributed by atoms with Crippen molar-refractivity contribution >= 4 is 22.9 Å². The third kappa shape index (κ3) is 6.07. The summed E-state index contributed by atoms with van der Waals surface area (Å²) in [6, 6.07) is 15.3. The molecule has 0 aliphatic carbocycles. The van der Waals surface area contributed by atoms with Crippen LogP contribution in [0.15, 0.2) is 67.1 Å². The standard InChI is InChI=1S/C24H25N3O2/c1-2-7-21(28)14-20-15-23(27-19-9-4-3-5-10-19)22(17-26-20)24(29)12-11-18-8-6-13-25-16-18/h3-6,8-10,13,15-17H,2,7,11-12,14H2,1H3,(H,26,27). The Bertz CT molecular complexity index is 956. The van der Waals surface area contributed by atoms with E-state index in [2.05, 4.69) is 15.3 Å². The summed E-state index contributed by atoms with van der Waals surface area (Å²) in [4.78, 5) is 33.4. The number of carbonyl (C=O) groups excluding carboxylic acids is 2. The maximum absolute atomic E-state index is 12.9. The molecule has 29 heavy (non-hydrogen) atoms. The van der Waals surface area contributed by atoms with Crippen LogP contribution in [0.3, 0.4) is 0 Å². The monoisotopic (exact) mass is 387 g/mol. The van der Waals surface area contributed by atoms with E-state index >= 15 is 0 Å². The number of nitrogens with zero attached hydrogens (tertiary/aromatic N) is 2. The topological polar surface area (TPSA) is 72.0 Å². The Morgan fingerprint density at radius 2 is 1.83 bits per heavy atom. The second kappa shape index (κ2) is 10.3. The number of para-hydroxylation sites is 1. The smallest absolute Gasteiger partial charge is 0.166 e. The molecule has 5 nitrogen and oxygen atoms in total. The van der Waals surface area contributed by atoms with Gasteiger partial charge in [0.1, 0.15) is 5.78 Å². The molecule has 0 unspecified atom stereocenters. The van der Waals surface area contributed by atoms with Crippen molar-refractivity contribution in [1.29, 1.82) is 0 Å². The minimum absolute atomic E-state index is 0.00576. The molecule has 0 saturated heterocycles. The fourth-order valence-corrected chi connectivity index (χ4v) is 3.11. The fraction of sp³-hybridized carbons (Fsp3) is 0.250. The Labute approximate surface area is 171 Å². The number of carbonyl (C=O) groups is 2. The third-order valence-corrected chi connectivity index (χ3v) is 4.58. The third-order valence-electron chi connectivity index (χ3n) is 4.58. The van der Waals surface area contributed by atoms with Crippen molar-refractivity contribution in [2.75, 3.05) is 5.32 Å². The van der Waals surface area contributed by atoms with Gasteiger partial charge in [-0.15, -0.1) is 0 Å². The summed E-state index contributed by atoms with van der Waals surface area (Å²) in [5.74, 6) is 0.160. The van der Waals surface area contributed by atoms with Gasteiger partial charge in [0.2, 0.25) is 0 Å². The van der Waals surface area contributed by atoms with E-state index in [1.165, 1.54) is 0 Å². The Kier molecular flexibility index (Phi) is 7.22. The second-order valence-electron chi connectivity index (χ2n) is 6.96. The van der Waals surface area contributed by atoms with Gasteiger partial charge in [-0.1, -0.05) is 31.2 Å². The zero-order chi connectivity index (χ0) is 20.5. The zero-order valence-electron chi connectivity index (χ0n) is 16.6. The van der Waals surface area contributed by atoms with Crippen LogP contribution in [0.25, 0.3) is 0 Å². The van der Waals surface area contributed by atoms with Gasteiger partial charge in [0, 0.05) is 49.2 Å². The molecule has 148 valence electrons. The van der Waals surface area contributed by atoms with E-state index in [1.807, 2.05) is 55.5 Å². The van der Waals surface area contributed by atoms with Crippen LogP contribution in [-0.4, -0.2) is 21.5 Å². The minimum atomic E-state index is 0.00576. The summed E-state index contributed by atoms with van der Waals surface area (Å²) >= 11 is 0. The number of nitrogens with one attached hydrogen (secondary N) is 1. The fourth-order valence-electron chi connectivity index (χ4n) is 3.11. The summed E-state index contributed by atoms with van der Waals surface area (Å²) in [5.41, 5.74) is 3.79. The summed E-state index contributed by atoms with van der Waals surface area (Å²) in [6.07, 6.45) is 7.70. The molecule has 2 heterocycles. The normalized spacial score (nSPS) is 10.5. The lowest BCUT2D eigenvalue weighted by atomic mass is 10.0. The first-order valence-electron chi connectivity index (χ1n) is 9.90. The summed E-state index contributed by atoms with van der Waals surface area (Å²) in [6.45, 7) is 1.98. The van der Waals surface area contributed by atoms with Crippen LogP contribution in [0.4, 0.5) is 11.4 Å². The van der Waals surface area contributed by atoms with Crippen molar-refractivity contribution in [3.63, 3.8) is 0 Å². The molecular formula is C24H25N3O2. The lowest BCUT2D eigenvalue weighted by Crippen LogP contribution is -2.09. The second-order valence-corrected chi connectivity index (χ2v) is 6.96. The van der Waals surface area contributed by atoms with Crippen molar-refractivity contribution in [2.24, 2.45) is 0 Å². The predicted molar refractivity (Wildman–Crippen MR) is 114 cm³/mol. The van der Waals surface area contributed by atoms with E-state index in [0.29, 0.717) is 36.2 Å². The van der Waals surface area contributed by atoms with Gasteiger partial charge < -0.3 is 5.32 Å². The zero-order valence-corrected chi connectivity index (χ0v) is 16.6. The van der Waals surface area contributed by atoms with E-state index in [0.717, 1.165) is 17.7 Å². The molecule has 0 amide bonds. The molecule has 0 aliphatic rings. The van der Waals surface area contributed by atoms with Crippen molar-refractivity contribution in [3.05, 3.63) is 83.9 Å². The van der Waals surface area contributed by atoms with Gasteiger partial charge in [0.15, 0.2) is 5.78 Å². The molecule has 0 fully saturated rings. The Morgan fingerprint density at radius 3 is 2.55 bits per heavy atom. The van der Waals surface area contributed by atoms with Crippen molar-refractivity contribution in [2.45, 2.75) is 39.0 Å². The Balaban J connectivity index is 1.81. The average molecular weight is 387 g/mol. The number of hydrogen-bond acceptors (Lipinski definition) is 5. The van der Waals surface area contributed by atoms with Gasteiger partial charge >= 0.3 is 0 Å². The number of rotatable bonds is 10. The van der Waals surface area contributed by atoms with Crippen molar-refractivity contribution in [1.82, 2.24) is 9.97 Å². The quantitative estimate of drug-likeness (QED) is 0.499. The van der Waals surface area contributed by atoms with Crippen LogP contribution in [0.5, 0.6) is 0 Å². The van der Waals surface area contributed by atoms with Gasteiger partial charge in [0.25, 0.3) is 0 Å². The van der Waals surface area contributed by atoms with Crippen molar-refractivity contribution < 1.29 is 9.59 Å². The highest BCUT2D eigenvalue weighted by atomic mass is 16.1. The van der Waals surface area contributed by atoms with E-state index in [4.69, 9.17) is 0 Å². The number of pyridine rings is 2. The van der Waals surface area contributed by atoms with E-state index in [-0.39, 0.29) is 18.0 Å². The highest BCUT2D eigenvalue weighted by Gasteiger charge is 2.15. The molecule has 0 atom stereocenters. The van der Waals surface area contributed by atoms with E-state index in [9.17, 15) is 9.59 Å². The van der Waals surface area contributed by atoms with Crippen LogP contribution in [0, 0.1) is 0 Å². The summed E-state index contributed by atoms with van der Waals surface area (Å²) < 4.78 is 0. The molecule has 0 saturated carbocycles. The van der Waals surface area contributed by atoms with Crippen LogP contribution < -0.4 is 5.32 Å². The molecule has 1 N–H and O–H groups in total. The molecular weight excluding hydrogens is 362 g/mol. The van der Waals surface area contributed by atoms with Gasteiger partial charge in [-0.25, -0.2) is 0 Å². The molecule has 3 aromatic rings. The van der Waals surface area contributed by atoms with Crippen LogP contribution >= 0.6 is 0 Å². The minimum Gasteiger partial charge on any atom is -0.355 e. The average Bonchev–Trinajstić information content (AvgIpc) is 2.74. The number of benzene rings is 1. The maximum Gasteiger partial charge on any atom is 0.166 e. The highest BCUT2D eigenvalue weighted by molar-refractivity contribution is 6.01. The largest absolute Gasteiger partial charge is 0.355 e. The van der Waals surface area contributed by atoms with Crippen molar-refractivity contribution in [3.8, 4) is 0 Å². The van der Waals surface area contributed by atoms with E-state index < -0.39 is 0 Å². The van der Waals surface area contributed by atoms with Gasteiger partial charge in [-0.05, 0) is 42.7 Å². The van der Waals surface area contributed by atoms with Gasteiger partial charge in [-0.2, -0.15) is 0 Å². The molecule has 2 aromatic heterocycles. The first-order chi connectivity index (χ1) is 14.2. The Morgan fingerprint density at radius 1 is 1.00 bits per heavy atom. The summed E-state index contributed by atoms with van der Waals surface area (Å²) in [7, 11) is 0. The van der Waals surface area contributed by atoms with Gasteiger partial charge in [-0.3, -0.25) is 19.6 Å². The lowest BCUT2D eigenvalue weighted by molar-refractivity contribution is -0.118. The van der Waals surface area contributed by atoms with Crippen LogP contribution in [0.2, 0.25) is 0 Å². The predicted octanol–water partition coefficient (Wildman–Crippen LogP) is 4.95. The SMILES string of the molecule is CCCC(=O)Cc1cc(Nc2ccccc2)c(C(=O)CCc2cccnc2)cn1. The van der Waals surface area contributed by atoms with Gasteiger partial charge in [0.05, 0.1) is 11.3 Å². The molecule has 0 bridgehead atoms. The summed E-state index contributed by atoms with van der Waals surface area (Å²) in [5, 5.41) is 3.31.